The van der Waals surface area contributed by atoms with E-state index in [2.05, 4.69) is 6.92 Å². The molecule has 0 N–H and O–H groups in total. The second-order valence-electron chi connectivity index (χ2n) is 4.20. The zero-order valence-electron chi connectivity index (χ0n) is 10.8. The minimum absolute atomic E-state index is 0.00305. The summed E-state index contributed by atoms with van der Waals surface area (Å²) in [6.07, 6.45) is 5.73. The van der Waals surface area contributed by atoms with Gasteiger partial charge in [-0.1, -0.05) is 19.4 Å². The molecule has 1 heterocycles. The Labute approximate surface area is 106 Å². The molecule has 4 nitrogen and oxygen atoms in total. The van der Waals surface area contributed by atoms with Gasteiger partial charge in [-0.2, -0.15) is 0 Å². The Balaban J connectivity index is 2.33. The minimum atomic E-state index is -0.00305. The van der Waals surface area contributed by atoms with Crippen molar-refractivity contribution < 1.29 is 4.74 Å². The molecule has 0 spiro atoms. The van der Waals surface area contributed by atoms with Crippen LogP contribution in [0.15, 0.2) is 41.5 Å². The van der Waals surface area contributed by atoms with Gasteiger partial charge >= 0.3 is 5.69 Å². The Morgan fingerprint density at radius 1 is 1.28 bits per heavy atom. The van der Waals surface area contributed by atoms with Crippen LogP contribution in [0.4, 0.5) is 0 Å². The fourth-order valence-corrected chi connectivity index (χ4v) is 1.87. The molecule has 1 aromatic carbocycles. The first-order valence-electron chi connectivity index (χ1n) is 6.18. The number of ether oxygens (including phenoxy) is 1. The average molecular weight is 246 g/mol. The third-order valence-corrected chi connectivity index (χ3v) is 2.93. The molecule has 0 unspecified atom stereocenters. The second kappa shape index (κ2) is 5.58. The van der Waals surface area contributed by atoms with Crippen LogP contribution in [0.3, 0.4) is 0 Å². The van der Waals surface area contributed by atoms with Crippen molar-refractivity contribution in [3.8, 4) is 11.4 Å². The first kappa shape index (κ1) is 12.5. The number of unbranched alkanes of at least 4 members (excludes halogenated alkanes) is 1. The maximum absolute atomic E-state index is 12.2. The van der Waals surface area contributed by atoms with E-state index in [4.69, 9.17) is 4.74 Å². The Hall–Kier alpha value is -1.97. The molecule has 2 aromatic rings. The second-order valence-corrected chi connectivity index (χ2v) is 4.20. The molecule has 0 saturated carbocycles. The highest BCUT2D eigenvalue weighted by Crippen LogP contribution is 2.14. The number of hydrogen-bond donors (Lipinski definition) is 0. The largest absolute Gasteiger partial charge is 0.497 e. The predicted octanol–water partition coefficient (Wildman–Crippen LogP) is 2.45. The van der Waals surface area contributed by atoms with Gasteiger partial charge in [-0.15, -0.1) is 0 Å². The topological polar surface area (TPSA) is 36.2 Å². The molecule has 0 saturated heterocycles. The Kier molecular flexibility index (Phi) is 3.87. The molecule has 0 aliphatic carbocycles. The standard InChI is InChI=1S/C14H18N2O2/c1-3-4-8-15-9-10-16(14(15)17)12-6-5-7-13(11-12)18-2/h5-7,9-11H,3-4,8H2,1-2H3. The fraction of sp³-hybridized carbons (Fsp3) is 0.357. The monoisotopic (exact) mass is 246 g/mol. The van der Waals surface area contributed by atoms with Crippen molar-refractivity contribution >= 4 is 0 Å². The summed E-state index contributed by atoms with van der Waals surface area (Å²) in [5.74, 6) is 0.751. The zero-order valence-corrected chi connectivity index (χ0v) is 10.8. The van der Waals surface area contributed by atoms with E-state index in [1.54, 1.807) is 22.4 Å². The van der Waals surface area contributed by atoms with Crippen molar-refractivity contribution in [1.29, 1.82) is 0 Å². The Morgan fingerprint density at radius 3 is 2.83 bits per heavy atom. The smallest absolute Gasteiger partial charge is 0.332 e. The van der Waals surface area contributed by atoms with Crippen LogP contribution in [0.2, 0.25) is 0 Å². The van der Waals surface area contributed by atoms with Gasteiger partial charge in [0.1, 0.15) is 5.75 Å². The average Bonchev–Trinajstić information content (AvgIpc) is 2.78. The first-order chi connectivity index (χ1) is 8.76. The number of imidazole rings is 1. The lowest BCUT2D eigenvalue weighted by atomic mass is 10.3. The third kappa shape index (κ3) is 2.47. The summed E-state index contributed by atoms with van der Waals surface area (Å²) >= 11 is 0. The van der Waals surface area contributed by atoms with Gasteiger partial charge in [0, 0.05) is 25.0 Å². The summed E-state index contributed by atoms with van der Waals surface area (Å²) in [6.45, 7) is 2.89. The maximum atomic E-state index is 12.2. The van der Waals surface area contributed by atoms with Crippen molar-refractivity contribution in [2.24, 2.45) is 0 Å². The van der Waals surface area contributed by atoms with Crippen molar-refractivity contribution in [3.63, 3.8) is 0 Å². The highest BCUT2D eigenvalue weighted by Gasteiger charge is 2.05. The van der Waals surface area contributed by atoms with Crippen LogP contribution in [0, 0.1) is 0 Å². The molecule has 0 fully saturated rings. The summed E-state index contributed by atoms with van der Waals surface area (Å²) < 4.78 is 8.54. The summed E-state index contributed by atoms with van der Waals surface area (Å²) in [7, 11) is 1.62. The number of rotatable bonds is 5. The molecule has 0 amide bonds. The van der Waals surface area contributed by atoms with E-state index < -0.39 is 0 Å². The molecule has 0 atom stereocenters. The van der Waals surface area contributed by atoms with Crippen molar-refractivity contribution in [2.45, 2.75) is 26.3 Å². The quantitative estimate of drug-likeness (QED) is 0.812. The number of aryl methyl sites for hydroxylation is 1. The van der Waals surface area contributed by atoms with Gasteiger partial charge in [0.2, 0.25) is 0 Å². The molecule has 4 heteroatoms. The highest BCUT2D eigenvalue weighted by molar-refractivity contribution is 5.39. The third-order valence-electron chi connectivity index (χ3n) is 2.93. The Bertz CT molecular complexity index is 569. The lowest BCUT2D eigenvalue weighted by Gasteiger charge is -2.04. The molecule has 0 aliphatic rings. The summed E-state index contributed by atoms with van der Waals surface area (Å²) in [5, 5.41) is 0. The first-order valence-corrected chi connectivity index (χ1v) is 6.18. The highest BCUT2D eigenvalue weighted by atomic mass is 16.5. The summed E-state index contributed by atoms with van der Waals surface area (Å²) in [4.78, 5) is 12.2. The number of nitrogens with zero attached hydrogens (tertiary/aromatic N) is 2. The molecule has 0 bridgehead atoms. The summed E-state index contributed by atoms with van der Waals surface area (Å²) in [6, 6.07) is 7.49. The van der Waals surface area contributed by atoms with E-state index in [0.29, 0.717) is 0 Å². The van der Waals surface area contributed by atoms with Crippen LogP contribution in [-0.4, -0.2) is 16.2 Å². The van der Waals surface area contributed by atoms with Gasteiger partial charge in [-0.25, -0.2) is 4.79 Å². The van der Waals surface area contributed by atoms with Gasteiger partial charge < -0.3 is 4.74 Å². The van der Waals surface area contributed by atoms with Crippen LogP contribution in [0.25, 0.3) is 5.69 Å². The van der Waals surface area contributed by atoms with Gasteiger partial charge in [0.25, 0.3) is 0 Å². The number of methoxy groups -OCH3 is 1. The lowest BCUT2D eigenvalue weighted by Crippen LogP contribution is -2.22. The van der Waals surface area contributed by atoms with Gasteiger partial charge in [-0.05, 0) is 18.6 Å². The van der Waals surface area contributed by atoms with Gasteiger partial charge in [0.15, 0.2) is 0 Å². The van der Waals surface area contributed by atoms with Crippen LogP contribution < -0.4 is 10.4 Å². The SMILES string of the molecule is CCCCn1ccn(-c2cccc(OC)c2)c1=O. The van der Waals surface area contributed by atoms with Crippen LogP contribution in [0.1, 0.15) is 19.8 Å². The van der Waals surface area contributed by atoms with Gasteiger partial charge in [0.05, 0.1) is 12.8 Å². The Morgan fingerprint density at radius 2 is 2.11 bits per heavy atom. The number of hydrogen-bond acceptors (Lipinski definition) is 2. The van der Waals surface area contributed by atoms with E-state index in [1.165, 1.54) is 0 Å². The maximum Gasteiger partial charge on any atom is 0.332 e. The molecule has 0 aliphatic heterocycles. The van der Waals surface area contributed by atoms with E-state index in [-0.39, 0.29) is 5.69 Å². The summed E-state index contributed by atoms with van der Waals surface area (Å²) in [5.41, 5.74) is 0.825. The van der Waals surface area contributed by atoms with E-state index in [0.717, 1.165) is 30.8 Å². The zero-order chi connectivity index (χ0) is 13.0. The fourth-order valence-electron chi connectivity index (χ4n) is 1.87. The molecule has 96 valence electrons. The van der Waals surface area contributed by atoms with E-state index >= 15 is 0 Å². The molecular formula is C14H18N2O2. The number of aromatic nitrogens is 2. The molecule has 18 heavy (non-hydrogen) atoms. The molecular weight excluding hydrogens is 228 g/mol. The van der Waals surface area contributed by atoms with Gasteiger partial charge in [-0.3, -0.25) is 9.13 Å². The predicted molar refractivity (Wildman–Crippen MR) is 71.5 cm³/mol. The number of benzene rings is 1. The van der Waals surface area contributed by atoms with E-state index in [1.807, 2.05) is 30.5 Å². The molecule has 2 rings (SSSR count). The normalized spacial score (nSPS) is 10.6. The van der Waals surface area contributed by atoms with Crippen LogP contribution in [0.5, 0.6) is 5.75 Å². The van der Waals surface area contributed by atoms with Crippen molar-refractivity contribution in [3.05, 3.63) is 47.1 Å². The van der Waals surface area contributed by atoms with E-state index in [9.17, 15) is 4.79 Å². The van der Waals surface area contributed by atoms with Crippen LogP contribution >= 0.6 is 0 Å². The van der Waals surface area contributed by atoms with Crippen molar-refractivity contribution in [2.75, 3.05) is 7.11 Å². The molecule has 1 aromatic heterocycles. The molecule has 0 radical (unpaired) electrons. The van der Waals surface area contributed by atoms with Crippen LogP contribution in [-0.2, 0) is 6.54 Å². The minimum Gasteiger partial charge on any atom is -0.497 e. The van der Waals surface area contributed by atoms with Crippen molar-refractivity contribution in [1.82, 2.24) is 9.13 Å². The lowest BCUT2D eigenvalue weighted by molar-refractivity contribution is 0.414.